The molecule has 84 valence electrons. The molecule has 0 bridgehead atoms. The lowest BCUT2D eigenvalue weighted by Gasteiger charge is -2.13. The highest BCUT2D eigenvalue weighted by Gasteiger charge is 2.02. The van der Waals surface area contributed by atoms with Crippen LogP contribution in [0.25, 0.3) is 0 Å². The average Bonchev–Trinajstić information content (AvgIpc) is 2.23. The molecule has 2 nitrogen and oxygen atoms in total. The van der Waals surface area contributed by atoms with Crippen LogP contribution in [0.1, 0.15) is 13.8 Å². The third kappa shape index (κ3) is 5.05. The van der Waals surface area contributed by atoms with Gasteiger partial charge in [-0.05, 0) is 24.7 Å². The number of ether oxygens (including phenoxy) is 1. The number of halogens is 1. The lowest BCUT2D eigenvalue weighted by atomic mass is 10.2. The van der Waals surface area contributed by atoms with Crippen LogP contribution in [-0.4, -0.2) is 19.7 Å². The number of hydrogen-bond acceptors (Lipinski definition) is 2. The Bertz CT molecular complexity index is 291. The maximum atomic E-state index is 5.85. The van der Waals surface area contributed by atoms with Crippen molar-refractivity contribution in [1.29, 1.82) is 0 Å². The van der Waals surface area contributed by atoms with Gasteiger partial charge in [0, 0.05) is 17.5 Å². The van der Waals surface area contributed by atoms with Gasteiger partial charge in [-0.25, -0.2) is 0 Å². The van der Waals surface area contributed by atoms with E-state index in [-0.39, 0.29) is 0 Å². The molecule has 0 aliphatic carbocycles. The minimum Gasteiger partial charge on any atom is -0.493 e. The summed E-state index contributed by atoms with van der Waals surface area (Å²) >= 11 is 5.85. The highest BCUT2D eigenvalue weighted by Crippen LogP contribution is 2.17. The maximum absolute atomic E-state index is 5.85. The van der Waals surface area contributed by atoms with Gasteiger partial charge >= 0.3 is 0 Å². The van der Waals surface area contributed by atoms with Crippen LogP contribution >= 0.6 is 11.6 Å². The monoisotopic (exact) mass is 227 g/mol. The van der Waals surface area contributed by atoms with E-state index in [2.05, 4.69) is 19.2 Å². The van der Waals surface area contributed by atoms with Crippen molar-refractivity contribution in [3.63, 3.8) is 0 Å². The van der Waals surface area contributed by atoms with Crippen molar-refractivity contribution in [3.8, 4) is 5.75 Å². The normalized spacial score (nSPS) is 12.5. The lowest BCUT2D eigenvalue weighted by molar-refractivity contribution is 0.256. The first-order valence-electron chi connectivity index (χ1n) is 5.31. The van der Waals surface area contributed by atoms with Gasteiger partial charge in [-0.2, -0.15) is 0 Å². The van der Waals surface area contributed by atoms with E-state index in [0.717, 1.165) is 18.8 Å². The smallest absolute Gasteiger partial charge is 0.120 e. The maximum Gasteiger partial charge on any atom is 0.120 e. The second-order valence-corrected chi connectivity index (χ2v) is 4.12. The molecule has 0 amide bonds. The quantitative estimate of drug-likeness (QED) is 0.807. The lowest BCUT2D eigenvalue weighted by Crippen LogP contribution is -2.24. The Morgan fingerprint density at radius 1 is 1.47 bits per heavy atom. The molecule has 15 heavy (non-hydrogen) atoms. The zero-order chi connectivity index (χ0) is 11.1. The Hall–Kier alpha value is -0.730. The SMILES string of the molecule is CCNCC(C)COc1cccc(Cl)c1. The van der Waals surface area contributed by atoms with Crippen molar-refractivity contribution < 1.29 is 4.74 Å². The molecule has 0 radical (unpaired) electrons. The van der Waals surface area contributed by atoms with Crippen LogP contribution in [0.15, 0.2) is 24.3 Å². The molecule has 1 atom stereocenters. The van der Waals surface area contributed by atoms with E-state index in [1.807, 2.05) is 24.3 Å². The fourth-order valence-electron chi connectivity index (χ4n) is 1.24. The van der Waals surface area contributed by atoms with Crippen molar-refractivity contribution in [1.82, 2.24) is 5.32 Å². The Kier molecular flexibility index (Phi) is 5.51. The van der Waals surface area contributed by atoms with Gasteiger partial charge in [-0.15, -0.1) is 0 Å². The number of hydrogen-bond donors (Lipinski definition) is 1. The molecule has 0 heterocycles. The predicted molar refractivity (Wildman–Crippen MR) is 64.7 cm³/mol. The third-order valence-corrected chi connectivity index (χ3v) is 2.31. The van der Waals surface area contributed by atoms with Crippen LogP contribution in [0.5, 0.6) is 5.75 Å². The molecule has 3 heteroatoms. The zero-order valence-corrected chi connectivity index (χ0v) is 10.1. The van der Waals surface area contributed by atoms with Gasteiger partial charge < -0.3 is 10.1 Å². The second kappa shape index (κ2) is 6.70. The van der Waals surface area contributed by atoms with Crippen molar-refractivity contribution in [2.24, 2.45) is 5.92 Å². The van der Waals surface area contributed by atoms with E-state index < -0.39 is 0 Å². The highest BCUT2D eigenvalue weighted by molar-refractivity contribution is 6.30. The van der Waals surface area contributed by atoms with Crippen LogP contribution in [0.2, 0.25) is 5.02 Å². The van der Waals surface area contributed by atoms with Gasteiger partial charge in [0.05, 0.1) is 6.61 Å². The fraction of sp³-hybridized carbons (Fsp3) is 0.500. The third-order valence-electron chi connectivity index (χ3n) is 2.07. The summed E-state index contributed by atoms with van der Waals surface area (Å²) in [4.78, 5) is 0. The van der Waals surface area contributed by atoms with E-state index in [1.165, 1.54) is 0 Å². The molecular formula is C12H18ClNO. The van der Waals surface area contributed by atoms with Crippen LogP contribution < -0.4 is 10.1 Å². The van der Waals surface area contributed by atoms with Crippen LogP contribution in [0.3, 0.4) is 0 Å². The molecule has 1 aromatic rings. The number of rotatable bonds is 6. The van der Waals surface area contributed by atoms with Gasteiger partial charge in [0.2, 0.25) is 0 Å². The Morgan fingerprint density at radius 3 is 2.93 bits per heavy atom. The molecular weight excluding hydrogens is 210 g/mol. The number of nitrogens with one attached hydrogen (secondary N) is 1. The molecule has 0 aromatic heterocycles. The number of benzene rings is 1. The summed E-state index contributed by atoms with van der Waals surface area (Å²) in [5.74, 6) is 1.34. The van der Waals surface area contributed by atoms with E-state index in [4.69, 9.17) is 16.3 Å². The van der Waals surface area contributed by atoms with Gasteiger partial charge in [0.25, 0.3) is 0 Å². The molecule has 1 unspecified atom stereocenters. The topological polar surface area (TPSA) is 21.3 Å². The van der Waals surface area contributed by atoms with E-state index >= 15 is 0 Å². The molecule has 1 N–H and O–H groups in total. The van der Waals surface area contributed by atoms with Gasteiger partial charge in [-0.3, -0.25) is 0 Å². The molecule has 0 fully saturated rings. The standard InChI is InChI=1S/C12H18ClNO/c1-3-14-8-10(2)9-15-12-6-4-5-11(13)7-12/h4-7,10,14H,3,8-9H2,1-2H3. The molecule has 1 rings (SSSR count). The summed E-state index contributed by atoms with van der Waals surface area (Å²) in [6.45, 7) is 6.96. The van der Waals surface area contributed by atoms with Crippen molar-refractivity contribution in [3.05, 3.63) is 29.3 Å². The first-order chi connectivity index (χ1) is 7.22. The fourth-order valence-corrected chi connectivity index (χ4v) is 1.43. The highest BCUT2D eigenvalue weighted by atomic mass is 35.5. The molecule has 0 spiro atoms. The molecule has 0 saturated heterocycles. The summed E-state index contributed by atoms with van der Waals surface area (Å²) in [6, 6.07) is 7.50. The zero-order valence-electron chi connectivity index (χ0n) is 9.29. The molecule has 0 aliphatic heterocycles. The summed E-state index contributed by atoms with van der Waals surface area (Å²) in [6.07, 6.45) is 0. The summed E-state index contributed by atoms with van der Waals surface area (Å²) in [7, 11) is 0. The van der Waals surface area contributed by atoms with Gasteiger partial charge in [0.1, 0.15) is 5.75 Å². The minimum absolute atomic E-state index is 0.504. The van der Waals surface area contributed by atoms with Crippen LogP contribution in [-0.2, 0) is 0 Å². The van der Waals surface area contributed by atoms with Crippen LogP contribution in [0.4, 0.5) is 0 Å². The van der Waals surface area contributed by atoms with Crippen molar-refractivity contribution in [2.75, 3.05) is 19.7 Å². The summed E-state index contributed by atoms with van der Waals surface area (Å²) in [5.41, 5.74) is 0. The summed E-state index contributed by atoms with van der Waals surface area (Å²) in [5, 5.41) is 4.00. The van der Waals surface area contributed by atoms with E-state index in [1.54, 1.807) is 0 Å². The van der Waals surface area contributed by atoms with Crippen LogP contribution in [0, 0.1) is 5.92 Å². The molecule has 0 saturated carbocycles. The first-order valence-corrected chi connectivity index (χ1v) is 5.69. The summed E-state index contributed by atoms with van der Waals surface area (Å²) < 4.78 is 5.62. The Labute approximate surface area is 96.6 Å². The predicted octanol–water partition coefficient (Wildman–Crippen LogP) is 2.96. The van der Waals surface area contributed by atoms with E-state index in [0.29, 0.717) is 17.5 Å². The molecule has 0 aliphatic rings. The second-order valence-electron chi connectivity index (χ2n) is 3.68. The first kappa shape index (κ1) is 12.3. The van der Waals surface area contributed by atoms with Gasteiger partial charge in [0.15, 0.2) is 0 Å². The minimum atomic E-state index is 0.504. The van der Waals surface area contributed by atoms with Crippen molar-refractivity contribution >= 4 is 11.6 Å². The Morgan fingerprint density at radius 2 is 2.27 bits per heavy atom. The van der Waals surface area contributed by atoms with Gasteiger partial charge in [-0.1, -0.05) is 31.5 Å². The average molecular weight is 228 g/mol. The molecule has 1 aromatic carbocycles. The van der Waals surface area contributed by atoms with Crippen molar-refractivity contribution in [2.45, 2.75) is 13.8 Å². The van der Waals surface area contributed by atoms with E-state index in [9.17, 15) is 0 Å². The Balaban J connectivity index is 2.30. The largest absolute Gasteiger partial charge is 0.493 e.